The molecule has 2 aliphatic rings. The lowest BCUT2D eigenvalue weighted by Gasteiger charge is -2.30. The van der Waals surface area contributed by atoms with Crippen LogP contribution in [0.4, 0.5) is 19.0 Å². The van der Waals surface area contributed by atoms with E-state index in [1.54, 1.807) is 6.07 Å². The van der Waals surface area contributed by atoms with Gasteiger partial charge in [0.05, 0.1) is 42.6 Å². The Morgan fingerprint density at radius 1 is 1.06 bits per heavy atom. The maximum atomic E-state index is 14.2. The number of halogens is 3. The molecule has 1 aromatic carbocycles. The highest BCUT2D eigenvalue weighted by Gasteiger charge is 2.36. The Morgan fingerprint density at radius 2 is 1.83 bits per heavy atom. The number of carboxylic acid groups (broad SMARTS) is 1. The van der Waals surface area contributed by atoms with Crippen LogP contribution >= 0.6 is 11.3 Å². The molecule has 2 aliphatic heterocycles. The molecule has 0 aliphatic carbocycles. The fraction of sp³-hybridized carbons (Fsp3) is 0.571. The summed E-state index contributed by atoms with van der Waals surface area (Å²) >= 11 is 1.36. The number of ketones is 1. The molecule has 0 saturated carbocycles. The van der Waals surface area contributed by atoms with Crippen LogP contribution in [0.25, 0.3) is 11.3 Å². The number of hydrogen-bond acceptors (Lipinski definition) is 9. The summed E-state index contributed by atoms with van der Waals surface area (Å²) in [7, 11) is 0. The van der Waals surface area contributed by atoms with Gasteiger partial charge in [-0.2, -0.15) is 13.2 Å². The zero-order chi connectivity index (χ0) is 33.6. The van der Waals surface area contributed by atoms with E-state index in [0.29, 0.717) is 67.0 Å². The van der Waals surface area contributed by atoms with Gasteiger partial charge in [0, 0.05) is 36.1 Å². The van der Waals surface area contributed by atoms with Crippen LogP contribution in [0, 0.1) is 5.92 Å². The van der Waals surface area contributed by atoms with Gasteiger partial charge < -0.3 is 14.7 Å². The number of benzene rings is 1. The summed E-state index contributed by atoms with van der Waals surface area (Å²) in [6, 6.07) is 4.52. The normalized spacial score (nSPS) is 17.4. The van der Waals surface area contributed by atoms with Crippen molar-refractivity contribution in [2.45, 2.75) is 97.8 Å². The van der Waals surface area contributed by atoms with E-state index in [9.17, 15) is 27.9 Å². The van der Waals surface area contributed by atoms with E-state index in [1.165, 1.54) is 29.8 Å². The van der Waals surface area contributed by atoms with Crippen LogP contribution in [0.2, 0.25) is 0 Å². The number of aromatic nitrogens is 3. The molecule has 2 fully saturated rings. The number of likely N-dealkylation sites (tertiary alicyclic amines) is 1. The first-order valence-corrected chi connectivity index (χ1v) is 17.3. The molecule has 0 spiro atoms. The fourth-order valence-corrected chi connectivity index (χ4v) is 7.43. The van der Waals surface area contributed by atoms with Crippen LogP contribution in [0.1, 0.15) is 98.6 Å². The number of carbonyl (C=O) groups is 2. The molecule has 13 heteroatoms. The van der Waals surface area contributed by atoms with Crippen molar-refractivity contribution >= 4 is 28.9 Å². The SMILES string of the molecule is C.CCCCOc1ccc(-c2nc(CC(=O)c3cnc(N4CCC(C(=O)O)CC4)cn3)sc2CN2CCCC2CCC)cc1C(F)(F)F. The first kappa shape index (κ1) is 37.2. The number of carbonyl (C=O) groups excluding carboxylic acids is 1. The number of Topliss-reactive ketones (excluding diaryl/α,β-unsaturated/α-hetero) is 1. The van der Waals surface area contributed by atoms with Crippen LogP contribution in [-0.4, -0.2) is 69.0 Å². The molecule has 1 N–H and O–H groups in total. The molecule has 3 aromatic rings. The highest BCUT2D eigenvalue weighted by atomic mass is 32.1. The number of alkyl halides is 3. The number of rotatable bonds is 14. The highest BCUT2D eigenvalue weighted by molar-refractivity contribution is 7.12. The highest BCUT2D eigenvalue weighted by Crippen LogP contribution is 2.41. The zero-order valence-corrected chi connectivity index (χ0v) is 27.7. The monoisotopic (exact) mass is 689 g/mol. The second-order valence-corrected chi connectivity index (χ2v) is 13.5. The molecule has 4 heterocycles. The third-order valence-electron chi connectivity index (χ3n) is 8.93. The Hall–Kier alpha value is -3.58. The summed E-state index contributed by atoms with van der Waals surface area (Å²) in [6.45, 7) is 6.85. The number of nitrogens with zero attached hydrogens (tertiary/aromatic N) is 5. The van der Waals surface area contributed by atoms with Gasteiger partial charge in [-0.15, -0.1) is 11.3 Å². The van der Waals surface area contributed by atoms with Crippen molar-refractivity contribution in [2.75, 3.05) is 31.1 Å². The molecule has 5 rings (SSSR count). The number of thiazole rings is 1. The van der Waals surface area contributed by atoms with Crippen molar-refractivity contribution in [3.8, 4) is 17.0 Å². The number of aliphatic carboxylic acids is 1. The number of carboxylic acids is 1. The first-order valence-electron chi connectivity index (χ1n) is 16.5. The van der Waals surface area contributed by atoms with Gasteiger partial charge in [0.2, 0.25) is 0 Å². The topological polar surface area (TPSA) is 109 Å². The van der Waals surface area contributed by atoms with Crippen molar-refractivity contribution in [1.29, 1.82) is 0 Å². The van der Waals surface area contributed by atoms with Gasteiger partial charge in [0.25, 0.3) is 0 Å². The summed E-state index contributed by atoms with van der Waals surface area (Å²) < 4.78 is 48.1. The quantitative estimate of drug-likeness (QED) is 0.133. The van der Waals surface area contributed by atoms with E-state index in [1.807, 2.05) is 11.8 Å². The molecule has 9 nitrogen and oxygen atoms in total. The molecule has 2 aromatic heterocycles. The van der Waals surface area contributed by atoms with E-state index >= 15 is 0 Å². The minimum Gasteiger partial charge on any atom is -0.493 e. The van der Waals surface area contributed by atoms with E-state index in [4.69, 9.17) is 9.72 Å². The average Bonchev–Trinajstić information content (AvgIpc) is 3.67. The smallest absolute Gasteiger partial charge is 0.419 e. The number of anilines is 1. The van der Waals surface area contributed by atoms with Gasteiger partial charge in [-0.05, 0) is 63.3 Å². The van der Waals surface area contributed by atoms with Crippen molar-refractivity contribution in [2.24, 2.45) is 5.92 Å². The minimum absolute atomic E-state index is 0. The molecule has 0 radical (unpaired) electrons. The van der Waals surface area contributed by atoms with Crippen LogP contribution in [0.15, 0.2) is 30.6 Å². The lowest BCUT2D eigenvalue weighted by molar-refractivity contribution is -0.142. The Bertz CT molecular complexity index is 1520. The second-order valence-electron chi connectivity index (χ2n) is 12.3. The molecule has 1 atom stereocenters. The van der Waals surface area contributed by atoms with Crippen LogP contribution in [0.3, 0.4) is 0 Å². The lowest BCUT2D eigenvalue weighted by Crippen LogP contribution is -2.36. The predicted molar refractivity (Wildman–Crippen MR) is 181 cm³/mol. The molecule has 48 heavy (non-hydrogen) atoms. The van der Waals surface area contributed by atoms with Crippen molar-refractivity contribution in [1.82, 2.24) is 19.9 Å². The molecule has 2 saturated heterocycles. The molecular weight excluding hydrogens is 643 g/mol. The van der Waals surface area contributed by atoms with Gasteiger partial charge >= 0.3 is 12.1 Å². The lowest BCUT2D eigenvalue weighted by atomic mass is 9.97. The Kier molecular flexibility index (Phi) is 12.9. The summed E-state index contributed by atoms with van der Waals surface area (Å²) in [6.07, 6.45) is 5.02. The third kappa shape index (κ3) is 9.10. The summed E-state index contributed by atoms with van der Waals surface area (Å²) in [5.41, 5.74) is 0.127. The minimum atomic E-state index is -4.61. The van der Waals surface area contributed by atoms with E-state index in [-0.39, 0.29) is 43.6 Å². The van der Waals surface area contributed by atoms with Gasteiger partial charge in [-0.25, -0.2) is 15.0 Å². The average molecular weight is 690 g/mol. The molecule has 1 unspecified atom stereocenters. The number of ether oxygens (including phenoxy) is 1. The number of piperidine rings is 1. The van der Waals surface area contributed by atoms with Crippen LogP contribution in [0.5, 0.6) is 5.75 Å². The van der Waals surface area contributed by atoms with Crippen molar-refractivity contribution in [3.63, 3.8) is 0 Å². The first-order chi connectivity index (χ1) is 22.6. The largest absolute Gasteiger partial charge is 0.493 e. The molecular formula is C35H46F3N5O4S. The summed E-state index contributed by atoms with van der Waals surface area (Å²) in [4.78, 5) is 43.3. The summed E-state index contributed by atoms with van der Waals surface area (Å²) in [5.74, 6) is -1.06. The van der Waals surface area contributed by atoms with E-state index in [0.717, 1.165) is 49.6 Å². The van der Waals surface area contributed by atoms with Gasteiger partial charge in [0.15, 0.2) is 5.78 Å². The predicted octanol–water partition coefficient (Wildman–Crippen LogP) is 7.92. The fourth-order valence-electron chi connectivity index (χ4n) is 6.32. The number of hydrogen-bond donors (Lipinski definition) is 1. The maximum Gasteiger partial charge on any atom is 0.419 e. The van der Waals surface area contributed by atoms with Gasteiger partial charge in [-0.1, -0.05) is 34.1 Å². The second kappa shape index (κ2) is 16.7. The molecule has 262 valence electrons. The van der Waals surface area contributed by atoms with Crippen molar-refractivity contribution in [3.05, 3.63) is 51.7 Å². The Balaban J connectivity index is 0.00000520. The molecule has 0 bridgehead atoms. The Labute approximate surface area is 284 Å². The maximum absolute atomic E-state index is 14.2. The van der Waals surface area contributed by atoms with E-state index < -0.39 is 17.7 Å². The van der Waals surface area contributed by atoms with Crippen LogP contribution in [-0.2, 0) is 23.9 Å². The summed E-state index contributed by atoms with van der Waals surface area (Å²) in [5, 5.41) is 9.76. The van der Waals surface area contributed by atoms with Crippen LogP contribution < -0.4 is 9.64 Å². The van der Waals surface area contributed by atoms with Gasteiger partial charge in [0.1, 0.15) is 22.3 Å². The van der Waals surface area contributed by atoms with E-state index in [2.05, 4.69) is 21.8 Å². The van der Waals surface area contributed by atoms with Crippen molar-refractivity contribution < 1.29 is 32.6 Å². The number of unbranched alkanes of at least 4 members (excludes halogenated alkanes) is 1. The zero-order valence-electron chi connectivity index (χ0n) is 26.9. The third-order valence-corrected chi connectivity index (χ3v) is 9.97. The Morgan fingerprint density at radius 3 is 2.48 bits per heavy atom. The standard InChI is InChI=1S/C34H42F3N5O4S.CH4/c1-3-5-16-46-28-10-9-23(17-25(28)34(35,36)37)32-29(21-42-13-6-8-24(42)7-4-2)47-31(40-32)18-27(43)26-19-39-30(20-38-26)41-14-11-22(12-15-41)33(44)45;/h9-10,17,19-20,22,24H,3-8,11-16,18,21H2,1-2H3,(H,44,45);1H4. The van der Waals surface area contributed by atoms with Gasteiger partial charge in [-0.3, -0.25) is 14.5 Å². The molecule has 0 amide bonds.